The van der Waals surface area contributed by atoms with Crippen molar-refractivity contribution in [2.45, 2.75) is 64.8 Å². The maximum Gasteiger partial charge on any atom is 0.223 e. The molecule has 0 radical (unpaired) electrons. The summed E-state index contributed by atoms with van der Waals surface area (Å²) in [6, 6.07) is 0.629. The first-order chi connectivity index (χ1) is 8.29. The summed E-state index contributed by atoms with van der Waals surface area (Å²) in [5, 5.41) is 3.34. The molecule has 0 bridgehead atoms. The van der Waals surface area contributed by atoms with Gasteiger partial charge in [0.1, 0.15) is 0 Å². The van der Waals surface area contributed by atoms with Crippen molar-refractivity contribution < 1.29 is 0 Å². The second-order valence-electron chi connectivity index (χ2n) is 5.03. The van der Waals surface area contributed by atoms with E-state index in [2.05, 4.69) is 29.1 Å². The second-order valence-corrected chi connectivity index (χ2v) is 5.03. The average Bonchev–Trinajstić information content (AvgIpc) is 3.11. The predicted molar refractivity (Wildman–Crippen MR) is 71.3 cm³/mol. The van der Waals surface area contributed by atoms with E-state index >= 15 is 0 Å². The summed E-state index contributed by atoms with van der Waals surface area (Å²) in [4.78, 5) is 8.93. The maximum atomic E-state index is 4.53. The third kappa shape index (κ3) is 3.99. The standard InChI is InChI=1S/C14H23N3/c1-3-4-5-6-7-12-10-15-14(16-11(12)2)17-13-8-9-13/h10,13H,3-9H2,1-2H3,(H,15,16,17). The van der Waals surface area contributed by atoms with E-state index < -0.39 is 0 Å². The summed E-state index contributed by atoms with van der Waals surface area (Å²) < 4.78 is 0. The molecule has 94 valence electrons. The fraction of sp³-hybridized carbons (Fsp3) is 0.714. The first-order valence-corrected chi connectivity index (χ1v) is 6.88. The lowest BCUT2D eigenvalue weighted by Crippen LogP contribution is -2.07. The number of unbranched alkanes of at least 4 members (excludes halogenated alkanes) is 3. The zero-order valence-electron chi connectivity index (χ0n) is 11.0. The van der Waals surface area contributed by atoms with Crippen LogP contribution in [0, 0.1) is 6.92 Å². The Kier molecular flexibility index (Phi) is 4.35. The van der Waals surface area contributed by atoms with Gasteiger partial charge in [-0.05, 0) is 38.2 Å². The van der Waals surface area contributed by atoms with Crippen molar-refractivity contribution >= 4 is 5.95 Å². The number of nitrogens with one attached hydrogen (secondary N) is 1. The van der Waals surface area contributed by atoms with Crippen molar-refractivity contribution in [1.29, 1.82) is 0 Å². The van der Waals surface area contributed by atoms with Gasteiger partial charge in [0.2, 0.25) is 5.95 Å². The molecule has 0 aliphatic heterocycles. The topological polar surface area (TPSA) is 37.8 Å². The number of aromatic nitrogens is 2. The largest absolute Gasteiger partial charge is 0.351 e. The highest BCUT2D eigenvalue weighted by Crippen LogP contribution is 2.23. The molecule has 17 heavy (non-hydrogen) atoms. The molecule has 3 nitrogen and oxygen atoms in total. The molecule has 1 saturated carbocycles. The molecule has 2 rings (SSSR count). The molecule has 0 unspecified atom stereocenters. The molecule has 1 heterocycles. The molecule has 0 atom stereocenters. The van der Waals surface area contributed by atoms with Gasteiger partial charge in [-0.15, -0.1) is 0 Å². The van der Waals surface area contributed by atoms with Crippen molar-refractivity contribution in [1.82, 2.24) is 9.97 Å². The van der Waals surface area contributed by atoms with E-state index in [1.54, 1.807) is 0 Å². The second kappa shape index (κ2) is 5.99. The van der Waals surface area contributed by atoms with Gasteiger partial charge in [-0.25, -0.2) is 9.97 Å². The predicted octanol–water partition coefficient (Wildman–Crippen LogP) is 3.48. The summed E-state index contributed by atoms with van der Waals surface area (Å²) in [5.41, 5.74) is 2.45. The average molecular weight is 233 g/mol. The molecular formula is C14H23N3. The zero-order valence-corrected chi connectivity index (χ0v) is 11.0. The number of rotatable bonds is 7. The van der Waals surface area contributed by atoms with Gasteiger partial charge in [-0.2, -0.15) is 0 Å². The van der Waals surface area contributed by atoms with E-state index in [1.165, 1.54) is 44.1 Å². The van der Waals surface area contributed by atoms with Gasteiger partial charge in [-0.1, -0.05) is 26.2 Å². The van der Waals surface area contributed by atoms with E-state index in [-0.39, 0.29) is 0 Å². The minimum absolute atomic E-state index is 0.629. The molecule has 1 fully saturated rings. The Bertz CT molecular complexity index is 358. The van der Waals surface area contributed by atoms with Crippen LogP contribution in [0.3, 0.4) is 0 Å². The molecule has 0 saturated heterocycles. The van der Waals surface area contributed by atoms with Gasteiger partial charge in [0.15, 0.2) is 0 Å². The van der Waals surface area contributed by atoms with Crippen molar-refractivity contribution in [2.75, 3.05) is 5.32 Å². The SMILES string of the molecule is CCCCCCc1cnc(NC2CC2)nc1C. The van der Waals surface area contributed by atoms with Crippen molar-refractivity contribution in [2.24, 2.45) is 0 Å². The molecule has 1 aromatic rings. The Balaban J connectivity index is 1.84. The Morgan fingerprint density at radius 1 is 1.29 bits per heavy atom. The van der Waals surface area contributed by atoms with Crippen LogP contribution < -0.4 is 5.32 Å². The van der Waals surface area contributed by atoms with E-state index in [0.717, 1.165) is 18.1 Å². The van der Waals surface area contributed by atoms with Gasteiger partial charge in [0, 0.05) is 17.9 Å². The first kappa shape index (κ1) is 12.3. The van der Waals surface area contributed by atoms with Gasteiger partial charge < -0.3 is 5.32 Å². The molecule has 1 aliphatic rings. The highest BCUT2D eigenvalue weighted by atomic mass is 15.1. The fourth-order valence-electron chi connectivity index (χ4n) is 1.96. The van der Waals surface area contributed by atoms with Gasteiger partial charge in [-0.3, -0.25) is 0 Å². The summed E-state index contributed by atoms with van der Waals surface area (Å²) in [6.45, 7) is 4.33. The molecule has 1 aliphatic carbocycles. The minimum Gasteiger partial charge on any atom is -0.351 e. The third-order valence-electron chi connectivity index (χ3n) is 3.29. The number of hydrogen-bond donors (Lipinski definition) is 1. The van der Waals surface area contributed by atoms with Crippen LogP contribution in [-0.2, 0) is 6.42 Å². The van der Waals surface area contributed by atoms with Crippen LogP contribution in [0.1, 0.15) is 56.7 Å². The van der Waals surface area contributed by atoms with Crippen LogP contribution in [0.15, 0.2) is 6.20 Å². The third-order valence-corrected chi connectivity index (χ3v) is 3.29. The van der Waals surface area contributed by atoms with Crippen LogP contribution in [0.4, 0.5) is 5.95 Å². The first-order valence-electron chi connectivity index (χ1n) is 6.88. The van der Waals surface area contributed by atoms with Crippen LogP contribution in [0.5, 0.6) is 0 Å². The van der Waals surface area contributed by atoms with Crippen LogP contribution in [0.2, 0.25) is 0 Å². The molecular weight excluding hydrogens is 210 g/mol. The Morgan fingerprint density at radius 3 is 2.76 bits per heavy atom. The highest BCUT2D eigenvalue weighted by Gasteiger charge is 2.21. The summed E-state index contributed by atoms with van der Waals surface area (Å²) in [5.74, 6) is 0.808. The monoisotopic (exact) mass is 233 g/mol. The van der Waals surface area contributed by atoms with E-state index in [0.29, 0.717) is 6.04 Å². The number of aryl methyl sites for hydroxylation is 2. The van der Waals surface area contributed by atoms with Gasteiger partial charge in [0.05, 0.1) is 0 Å². The summed E-state index contributed by atoms with van der Waals surface area (Å²) in [6.07, 6.45) is 10.9. The van der Waals surface area contributed by atoms with Crippen LogP contribution >= 0.6 is 0 Å². The van der Waals surface area contributed by atoms with Gasteiger partial charge >= 0.3 is 0 Å². The minimum atomic E-state index is 0.629. The van der Waals surface area contributed by atoms with Crippen molar-refractivity contribution in [3.05, 3.63) is 17.5 Å². The van der Waals surface area contributed by atoms with E-state index in [9.17, 15) is 0 Å². The van der Waals surface area contributed by atoms with Crippen LogP contribution in [-0.4, -0.2) is 16.0 Å². The lowest BCUT2D eigenvalue weighted by molar-refractivity contribution is 0.663. The Hall–Kier alpha value is -1.12. The van der Waals surface area contributed by atoms with E-state index in [1.807, 2.05) is 6.20 Å². The molecule has 3 heteroatoms. The number of nitrogens with zero attached hydrogens (tertiary/aromatic N) is 2. The van der Waals surface area contributed by atoms with Crippen LogP contribution in [0.25, 0.3) is 0 Å². The zero-order chi connectivity index (χ0) is 12.1. The quantitative estimate of drug-likeness (QED) is 0.733. The molecule has 0 spiro atoms. The lowest BCUT2D eigenvalue weighted by Gasteiger charge is -2.07. The number of anilines is 1. The smallest absolute Gasteiger partial charge is 0.223 e. The molecule has 0 aromatic carbocycles. The molecule has 0 amide bonds. The van der Waals surface area contributed by atoms with Crippen molar-refractivity contribution in [3.8, 4) is 0 Å². The molecule has 1 N–H and O–H groups in total. The normalized spacial score (nSPS) is 14.9. The summed E-state index contributed by atoms with van der Waals surface area (Å²) >= 11 is 0. The fourth-order valence-corrected chi connectivity index (χ4v) is 1.96. The van der Waals surface area contributed by atoms with Crippen molar-refractivity contribution in [3.63, 3.8) is 0 Å². The molecule has 1 aromatic heterocycles. The maximum absolute atomic E-state index is 4.53. The summed E-state index contributed by atoms with van der Waals surface area (Å²) in [7, 11) is 0. The Labute approximate surface area is 104 Å². The van der Waals surface area contributed by atoms with Gasteiger partial charge in [0.25, 0.3) is 0 Å². The lowest BCUT2D eigenvalue weighted by atomic mass is 10.1. The van der Waals surface area contributed by atoms with E-state index in [4.69, 9.17) is 0 Å². The highest BCUT2D eigenvalue weighted by molar-refractivity contribution is 5.31. The number of hydrogen-bond acceptors (Lipinski definition) is 3. The Morgan fingerprint density at radius 2 is 2.12 bits per heavy atom.